The zero-order valence-corrected chi connectivity index (χ0v) is 27.7. The molecule has 0 spiro atoms. The van der Waals surface area contributed by atoms with E-state index in [2.05, 4.69) is 54.5 Å². The van der Waals surface area contributed by atoms with E-state index >= 15 is 0 Å². The van der Waals surface area contributed by atoms with Crippen molar-refractivity contribution in [3.8, 4) is 0 Å². The Morgan fingerprint density at radius 2 is 1.77 bits per heavy atom. The van der Waals surface area contributed by atoms with Crippen molar-refractivity contribution in [2.75, 3.05) is 26.4 Å². The summed E-state index contributed by atoms with van der Waals surface area (Å²) in [5.74, 6) is -0.343. The molecular weight excluding hydrogens is 548 g/mol. The van der Waals surface area contributed by atoms with Crippen molar-refractivity contribution < 1.29 is 39.1 Å². The van der Waals surface area contributed by atoms with Crippen molar-refractivity contribution in [2.45, 2.75) is 112 Å². The van der Waals surface area contributed by atoms with Gasteiger partial charge in [0, 0.05) is 17.8 Å². The number of carbonyl (C=O) groups is 2. The van der Waals surface area contributed by atoms with Gasteiger partial charge in [0.05, 0.1) is 32.3 Å². The standard InChI is InChI=1S/C35H56O8/c1-20(2)21(3)31(5)13-14-33(7)24-9-10-27-32(6)18-41-19-35(27,25(24)11-12-34(33,8)28(31)30(39)40)15-26(43-22(4)37)29(32)42-17-23(38)16-36/h11,20-21,23-24,26-29,36,38H,9-10,12-19H2,1-8H3,(H,39,40)/t21-,23+,24+,26-,27+,28-,29+,31-,32+,33-,34+,35+/m1/s1. The summed E-state index contributed by atoms with van der Waals surface area (Å²) in [6, 6.07) is 0. The highest BCUT2D eigenvalue weighted by Crippen LogP contribution is 2.75. The Labute approximate surface area is 257 Å². The summed E-state index contributed by atoms with van der Waals surface area (Å²) < 4.78 is 18.7. The summed E-state index contributed by atoms with van der Waals surface area (Å²) in [4.78, 5) is 25.7. The van der Waals surface area contributed by atoms with Crippen LogP contribution in [0.2, 0.25) is 0 Å². The molecule has 5 rings (SSSR count). The predicted octanol–water partition coefficient (Wildman–Crippen LogP) is 5.25. The van der Waals surface area contributed by atoms with Crippen LogP contribution in [0.15, 0.2) is 11.6 Å². The van der Waals surface area contributed by atoms with E-state index < -0.39 is 47.6 Å². The molecule has 0 aromatic heterocycles. The molecule has 3 saturated carbocycles. The van der Waals surface area contributed by atoms with Crippen molar-refractivity contribution in [3.63, 3.8) is 0 Å². The first-order chi connectivity index (χ1) is 20.0. The van der Waals surface area contributed by atoms with Gasteiger partial charge in [-0.1, -0.05) is 60.1 Å². The lowest BCUT2D eigenvalue weighted by Crippen LogP contribution is -2.70. The van der Waals surface area contributed by atoms with Crippen molar-refractivity contribution >= 4 is 11.9 Å². The highest BCUT2D eigenvalue weighted by molar-refractivity contribution is 5.73. The van der Waals surface area contributed by atoms with E-state index in [1.54, 1.807) is 0 Å². The van der Waals surface area contributed by atoms with Crippen molar-refractivity contribution in [2.24, 2.45) is 56.7 Å². The second kappa shape index (κ2) is 11.1. The molecule has 2 bridgehead atoms. The zero-order valence-electron chi connectivity index (χ0n) is 27.7. The molecule has 0 aromatic carbocycles. The summed E-state index contributed by atoms with van der Waals surface area (Å²) in [7, 11) is 0. The molecule has 0 amide bonds. The first-order valence-corrected chi connectivity index (χ1v) is 16.6. The smallest absolute Gasteiger partial charge is 0.307 e. The highest BCUT2D eigenvalue weighted by atomic mass is 16.6. The van der Waals surface area contributed by atoms with Crippen LogP contribution in [0, 0.1) is 56.7 Å². The number of aliphatic hydroxyl groups is 2. The number of carboxylic acid groups (broad SMARTS) is 1. The minimum Gasteiger partial charge on any atom is -0.481 e. The van der Waals surface area contributed by atoms with Gasteiger partial charge in [-0.2, -0.15) is 0 Å². The van der Waals surface area contributed by atoms with Gasteiger partial charge in [-0.15, -0.1) is 0 Å². The topological polar surface area (TPSA) is 123 Å². The van der Waals surface area contributed by atoms with Gasteiger partial charge in [-0.05, 0) is 78.4 Å². The van der Waals surface area contributed by atoms with Gasteiger partial charge < -0.3 is 29.5 Å². The predicted molar refractivity (Wildman–Crippen MR) is 162 cm³/mol. The van der Waals surface area contributed by atoms with Gasteiger partial charge in [-0.3, -0.25) is 9.59 Å². The number of hydrogen-bond donors (Lipinski definition) is 3. The number of hydrogen-bond acceptors (Lipinski definition) is 7. The molecule has 4 aliphatic carbocycles. The Morgan fingerprint density at radius 1 is 1.07 bits per heavy atom. The van der Waals surface area contributed by atoms with E-state index in [4.69, 9.17) is 14.2 Å². The van der Waals surface area contributed by atoms with Crippen LogP contribution in [0.1, 0.15) is 93.9 Å². The van der Waals surface area contributed by atoms with Gasteiger partial charge in [0.2, 0.25) is 0 Å². The third-order valence-corrected chi connectivity index (χ3v) is 14.1. The van der Waals surface area contributed by atoms with Crippen LogP contribution in [0.5, 0.6) is 0 Å². The average molecular weight is 605 g/mol. The number of carbonyl (C=O) groups excluding carboxylic acids is 1. The molecule has 1 saturated heterocycles. The lowest BCUT2D eigenvalue weighted by atomic mass is 9.34. The summed E-state index contributed by atoms with van der Waals surface area (Å²) in [6.45, 7) is 17.7. The number of allylic oxidation sites excluding steroid dienone is 1. The average Bonchev–Trinajstić information content (AvgIpc) is 2.92. The van der Waals surface area contributed by atoms with E-state index in [9.17, 15) is 24.9 Å². The monoisotopic (exact) mass is 604 g/mol. The molecule has 0 aromatic rings. The van der Waals surface area contributed by atoms with Crippen LogP contribution in [0.25, 0.3) is 0 Å². The molecule has 5 aliphatic rings. The number of esters is 1. The molecule has 4 fully saturated rings. The van der Waals surface area contributed by atoms with Crippen molar-refractivity contribution in [3.05, 3.63) is 11.6 Å². The SMILES string of the molecule is CC(=O)O[C@@H]1C[C@@]23COC[C@@](C)([C@@H]2CC[C@H]2C3=CC[C@@]3(C)[C@H](C(=O)O)[C@@](C)([C@H](C)C(C)C)CC[C@]23C)[C@H]1OC[C@@H](O)CO. The van der Waals surface area contributed by atoms with Gasteiger partial charge >= 0.3 is 11.9 Å². The van der Waals surface area contributed by atoms with Gasteiger partial charge in [-0.25, -0.2) is 0 Å². The molecule has 8 heteroatoms. The van der Waals surface area contributed by atoms with Crippen LogP contribution in [-0.2, 0) is 23.8 Å². The second-order valence-corrected chi connectivity index (χ2v) is 16.3. The van der Waals surface area contributed by atoms with Crippen molar-refractivity contribution in [1.82, 2.24) is 0 Å². The van der Waals surface area contributed by atoms with Crippen LogP contribution < -0.4 is 0 Å². The number of aliphatic carboxylic acids is 1. The molecule has 0 unspecified atom stereocenters. The summed E-state index contributed by atoms with van der Waals surface area (Å²) in [5, 5.41) is 30.4. The Balaban J connectivity index is 1.58. The third-order valence-electron chi connectivity index (χ3n) is 14.1. The van der Waals surface area contributed by atoms with Crippen molar-refractivity contribution in [1.29, 1.82) is 0 Å². The maximum Gasteiger partial charge on any atom is 0.307 e. The molecule has 43 heavy (non-hydrogen) atoms. The first-order valence-electron chi connectivity index (χ1n) is 16.6. The minimum atomic E-state index is -1.01. The summed E-state index contributed by atoms with van der Waals surface area (Å²) in [6.07, 6.45) is 5.49. The molecule has 1 heterocycles. The molecule has 8 nitrogen and oxygen atoms in total. The Morgan fingerprint density at radius 3 is 2.37 bits per heavy atom. The summed E-state index contributed by atoms with van der Waals surface area (Å²) in [5.41, 5.74) is -0.302. The quantitative estimate of drug-likeness (QED) is 0.254. The number of ether oxygens (including phenoxy) is 3. The molecule has 12 atom stereocenters. The molecule has 244 valence electrons. The Kier molecular flexibility index (Phi) is 8.49. The lowest BCUT2D eigenvalue weighted by Gasteiger charge is -2.71. The fourth-order valence-electron chi connectivity index (χ4n) is 11.5. The largest absolute Gasteiger partial charge is 0.481 e. The molecule has 1 aliphatic heterocycles. The van der Waals surface area contributed by atoms with E-state index in [-0.39, 0.29) is 46.6 Å². The maximum absolute atomic E-state index is 13.3. The zero-order chi connectivity index (χ0) is 31.8. The summed E-state index contributed by atoms with van der Waals surface area (Å²) >= 11 is 0. The van der Waals surface area contributed by atoms with Gasteiger partial charge in [0.15, 0.2) is 0 Å². The fourth-order valence-corrected chi connectivity index (χ4v) is 11.5. The first kappa shape index (κ1) is 32.9. The van der Waals surface area contributed by atoms with Gasteiger partial charge in [0.1, 0.15) is 18.3 Å². The number of rotatable bonds is 8. The minimum absolute atomic E-state index is 0.0415. The normalized spacial score (nSPS) is 47.0. The number of carboxylic acids is 1. The molecular formula is C35H56O8. The van der Waals surface area contributed by atoms with Gasteiger partial charge in [0.25, 0.3) is 0 Å². The Hall–Kier alpha value is -1.48. The van der Waals surface area contributed by atoms with Crippen LogP contribution in [-0.4, -0.2) is 72.0 Å². The van der Waals surface area contributed by atoms with E-state index in [0.717, 1.165) is 25.7 Å². The number of aliphatic hydroxyl groups excluding tert-OH is 2. The van der Waals surface area contributed by atoms with E-state index in [0.29, 0.717) is 32.0 Å². The second-order valence-electron chi connectivity index (χ2n) is 16.3. The highest BCUT2D eigenvalue weighted by Gasteiger charge is 2.72. The van der Waals surface area contributed by atoms with Crippen LogP contribution >= 0.6 is 0 Å². The van der Waals surface area contributed by atoms with E-state index in [1.165, 1.54) is 12.5 Å². The van der Waals surface area contributed by atoms with Crippen LogP contribution in [0.4, 0.5) is 0 Å². The maximum atomic E-state index is 13.3. The molecule has 3 N–H and O–H groups in total. The lowest BCUT2D eigenvalue weighted by molar-refractivity contribution is -0.270. The Bertz CT molecular complexity index is 1130. The number of fused-ring (bicyclic) bond motifs is 3. The van der Waals surface area contributed by atoms with E-state index in [1.807, 2.05) is 0 Å². The molecule has 0 radical (unpaired) electrons. The fraction of sp³-hybridized carbons (Fsp3) is 0.886. The van der Waals surface area contributed by atoms with Crippen LogP contribution in [0.3, 0.4) is 0 Å². The third kappa shape index (κ3) is 4.67.